The van der Waals surface area contributed by atoms with Crippen LogP contribution in [-0.4, -0.2) is 17.7 Å². The molecule has 0 aliphatic rings. The monoisotopic (exact) mass is 298 g/mol. The second-order valence-corrected chi connectivity index (χ2v) is 4.97. The first-order valence-electron chi connectivity index (χ1n) is 3.85. The molecular formula is C8H8BrClO3S. The molecule has 0 aromatic carbocycles. The maximum Gasteiger partial charge on any atom is 0.340 e. The van der Waals surface area contributed by atoms with Crippen LogP contribution in [0.1, 0.15) is 17.9 Å². The molecule has 1 atom stereocenters. The van der Waals surface area contributed by atoms with E-state index in [4.69, 9.17) is 11.6 Å². The molecule has 0 radical (unpaired) electrons. The van der Waals surface area contributed by atoms with Crippen LogP contribution in [0.4, 0.5) is 0 Å². The van der Waals surface area contributed by atoms with Crippen LogP contribution < -0.4 is 0 Å². The van der Waals surface area contributed by atoms with Crippen molar-refractivity contribution in [3.8, 4) is 0 Å². The molecule has 0 aliphatic carbocycles. The molecule has 1 heterocycles. The van der Waals surface area contributed by atoms with E-state index in [0.29, 0.717) is 13.7 Å². The lowest BCUT2D eigenvalue weighted by Crippen LogP contribution is -2.14. The van der Waals surface area contributed by atoms with Gasteiger partial charge in [0.15, 0.2) is 6.10 Å². The third kappa shape index (κ3) is 2.70. The predicted octanol–water partition coefficient (Wildman–Crippen LogP) is 2.76. The van der Waals surface area contributed by atoms with Crippen molar-refractivity contribution < 1.29 is 14.6 Å². The summed E-state index contributed by atoms with van der Waals surface area (Å²) in [5.41, 5.74) is 0. The number of halogens is 2. The highest BCUT2D eigenvalue weighted by Crippen LogP contribution is 2.35. The van der Waals surface area contributed by atoms with E-state index in [0.717, 1.165) is 11.3 Å². The molecule has 6 heteroatoms. The van der Waals surface area contributed by atoms with Gasteiger partial charge in [-0.3, -0.25) is 0 Å². The predicted molar refractivity (Wildman–Crippen MR) is 58.6 cm³/mol. The Labute approximate surface area is 98.8 Å². The van der Waals surface area contributed by atoms with Gasteiger partial charge in [0.1, 0.15) is 4.34 Å². The number of rotatable bonds is 3. The number of carbonyl (C=O) groups is 1. The molecule has 1 aromatic heterocycles. The normalized spacial score (nSPS) is 12.6. The van der Waals surface area contributed by atoms with Crippen LogP contribution in [0.15, 0.2) is 10.5 Å². The van der Waals surface area contributed by atoms with Crippen LogP contribution in [0.2, 0.25) is 4.34 Å². The molecular weight excluding hydrogens is 292 g/mol. The average Bonchev–Trinajstić information content (AvgIpc) is 2.46. The molecule has 3 nitrogen and oxygen atoms in total. The van der Waals surface area contributed by atoms with Gasteiger partial charge < -0.3 is 9.84 Å². The van der Waals surface area contributed by atoms with E-state index < -0.39 is 12.1 Å². The maximum absolute atomic E-state index is 11.1. The number of aliphatic hydroxyl groups excluding tert-OH is 1. The van der Waals surface area contributed by atoms with Gasteiger partial charge in [-0.1, -0.05) is 11.6 Å². The fourth-order valence-corrected chi connectivity index (χ4v) is 2.55. The summed E-state index contributed by atoms with van der Waals surface area (Å²) >= 11 is 10.1. The molecule has 1 N–H and O–H groups in total. The lowest BCUT2D eigenvalue weighted by Gasteiger charge is -2.06. The fraction of sp³-hybridized carbons (Fsp3) is 0.375. The van der Waals surface area contributed by atoms with Crippen LogP contribution in [0, 0.1) is 0 Å². The Morgan fingerprint density at radius 2 is 2.50 bits per heavy atom. The number of hydrogen-bond acceptors (Lipinski definition) is 4. The molecule has 1 rings (SSSR count). The van der Waals surface area contributed by atoms with Crippen molar-refractivity contribution in [1.29, 1.82) is 0 Å². The molecule has 0 amide bonds. The van der Waals surface area contributed by atoms with Gasteiger partial charge in [-0.2, -0.15) is 0 Å². The van der Waals surface area contributed by atoms with E-state index in [9.17, 15) is 9.90 Å². The summed E-state index contributed by atoms with van der Waals surface area (Å²) in [6, 6.07) is 1.61. The smallest absolute Gasteiger partial charge is 0.340 e. The van der Waals surface area contributed by atoms with E-state index in [2.05, 4.69) is 20.7 Å². The Morgan fingerprint density at radius 1 is 1.86 bits per heavy atom. The van der Waals surface area contributed by atoms with Gasteiger partial charge in [-0.15, -0.1) is 11.3 Å². The summed E-state index contributed by atoms with van der Waals surface area (Å²) in [6.45, 7) is 1.93. The molecule has 0 fully saturated rings. The Kier molecular flexibility index (Phi) is 4.37. The van der Waals surface area contributed by atoms with Crippen LogP contribution >= 0.6 is 38.9 Å². The Balaban J connectivity index is 2.78. The van der Waals surface area contributed by atoms with Crippen molar-refractivity contribution in [3.63, 3.8) is 0 Å². The van der Waals surface area contributed by atoms with Crippen LogP contribution in [0.25, 0.3) is 0 Å². The summed E-state index contributed by atoms with van der Waals surface area (Å²) in [7, 11) is 0. The molecule has 0 aliphatic heterocycles. The minimum absolute atomic E-state index is 0.246. The summed E-state index contributed by atoms with van der Waals surface area (Å²) in [6.07, 6.45) is -1.25. The summed E-state index contributed by atoms with van der Waals surface area (Å²) in [5.74, 6) is -0.655. The van der Waals surface area contributed by atoms with Crippen molar-refractivity contribution in [1.82, 2.24) is 0 Å². The average molecular weight is 300 g/mol. The zero-order valence-corrected chi connectivity index (χ0v) is 10.4. The molecule has 1 aromatic rings. The van der Waals surface area contributed by atoms with Gasteiger partial charge in [0.25, 0.3) is 0 Å². The van der Waals surface area contributed by atoms with E-state index >= 15 is 0 Å². The first kappa shape index (κ1) is 12.0. The molecule has 0 spiro atoms. The third-order valence-corrected chi connectivity index (χ3v) is 3.97. The van der Waals surface area contributed by atoms with Crippen molar-refractivity contribution >= 4 is 44.8 Å². The molecule has 1 unspecified atom stereocenters. The largest absolute Gasteiger partial charge is 0.464 e. The van der Waals surface area contributed by atoms with Gasteiger partial charge >= 0.3 is 5.97 Å². The second-order valence-electron chi connectivity index (χ2n) is 2.42. The fourth-order valence-electron chi connectivity index (χ4n) is 0.835. The Bertz CT molecular complexity index is 320. The number of aliphatic hydroxyl groups is 1. The van der Waals surface area contributed by atoms with Crippen molar-refractivity contribution in [2.75, 3.05) is 6.61 Å². The lowest BCUT2D eigenvalue weighted by molar-refractivity contribution is -0.153. The second kappa shape index (κ2) is 5.11. The number of thiophene rings is 1. The molecule has 0 bridgehead atoms. The van der Waals surface area contributed by atoms with E-state index in [1.807, 2.05) is 0 Å². The molecule has 0 saturated heterocycles. The van der Waals surface area contributed by atoms with Gasteiger partial charge in [0, 0.05) is 9.35 Å². The van der Waals surface area contributed by atoms with Gasteiger partial charge in [0.2, 0.25) is 0 Å². The van der Waals surface area contributed by atoms with Crippen molar-refractivity contribution in [2.45, 2.75) is 13.0 Å². The molecule has 0 saturated carbocycles. The zero-order valence-electron chi connectivity index (χ0n) is 7.29. The van der Waals surface area contributed by atoms with Gasteiger partial charge in [-0.05, 0) is 28.9 Å². The summed E-state index contributed by atoms with van der Waals surface area (Å²) in [4.78, 5) is 11.6. The van der Waals surface area contributed by atoms with Gasteiger partial charge in [-0.25, -0.2) is 4.79 Å². The molecule has 14 heavy (non-hydrogen) atoms. The maximum atomic E-state index is 11.1. The molecule has 78 valence electrons. The first-order chi connectivity index (χ1) is 6.56. The van der Waals surface area contributed by atoms with Crippen molar-refractivity contribution in [3.05, 3.63) is 19.8 Å². The third-order valence-electron chi connectivity index (χ3n) is 1.44. The zero-order chi connectivity index (χ0) is 10.7. The quantitative estimate of drug-likeness (QED) is 0.873. The number of carbonyl (C=O) groups excluding carboxylic acids is 1. The first-order valence-corrected chi connectivity index (χ1v) is 5.84. The Hall–Kier alpha value is -0.100. The van der Waals surface area contributed by atoms with Crippen LogP contribution in [0.3, 0.4) is 0 Å². The SMILES string of the molecule is CCOC(=O)C(O)c1cc(Br)c(Cl)s1. The minimum atomic E-state index is -1.25. The summed E-state index contributed by atoms with van der Waals surface area (Å²) < 4.78 is 5.84. The topological polar surface area (TPSA) is 46.5 Å². The van der Waals surface area contributed by atoms with Crippen LogP contribution in [0.5, 0.6) is 0 Å². The van der Waals surface area contributed by atoms with Crippen molar-refractivity contribution in [2.24, 2.45) is 0 Å². The standard InChI is InChI=1S/C8H8BrClO3S/c1-2-13-8(12)6(11)5-3-4(9)7(10)14-5/h3,6,11H,2H2,1H3. The Morgan fingerprint density at radius 3 is 2.93 bits per heavy atom. The minimum Gasteiger partial charge on any atom is -0.464 e. The highest BCUT2D eigenvalue weighted by Gasteiger charge is 2.21. The van der Waals surface area contributed by atoms with Gasteiger partial charge in [0.05, 0.1) is 6.61 Å². The highest BCUT2D eigenvalue weighted by atomic mass is 79.9. The van der Waals surface area contributed by atoms with E-state index in [-0.39, 0.29) is 6.61 Å². The number of hydrogen-bond donors (Lipinski definition) is 1. The van der Waals surface area contributed by atoms with Crippen LogP contribution in [-0.2, 0) is 9.53 Å². The lowest BCUT2D eigenvalue weighted by atomic mass is 10.3. The highest BCUT2D eigenvalue weighted by molar-refractivity contribution is 9.10. The van der Waals surface area contributed by atoms with E-state index in [1.165, 1.54) is 0 Å². The number of ether oxygens (including phenoxy) is 1. The summed E-state index contributed by atoms with van der Waals surface area (Å²) in [5, 5.41) is 9.51. The van der Waals surface area contributed by atoms with E-state index in [1.54, 1.807) is 13.0 Å². The number of esters is 1.